The maximum Gasteiger partial charge on any atom is 0.337 e. The quantitative estimate of drug-likeness (QED) is 0.595. The van der Waals surface area contributed by atoms with Gasteiger partial charge in [0.15, 0.2) is 0 Å². The van der Waals surface area contributed by atoms with Gasteiger partial charge in [-0.05, 0) is 42.7 Å². The van der Waals surface area contributed by atoms with Crippen LogP contribution < -0.4 is 4.74 Å². The minimum absolute atomic E-state index is 0.333. The number of carbonyl (C=O) groups is 1. The molecular weight excluding hydrogens is 252 g/mol. The number of benzene rings is 2. The molecule has 2 rings (SSSR count). The lowest BCUT2D eigenvalue weighted by Gasteiger charge is -2.07. The molecule has 0 radical (unpaired) electrons. The lowest BCUT2D eigenvalue weighted by Crippen LogP contribution is -2.02. The van der Waals surface area contributed by atoms with Gasteiger partial charge in [0, 0.05) is 0 Å². The molecule has 0 aromatic heterocycles. The summed E-state index contributed by atoms with van der Waals surface area (Å²) in [4.78, 5) is 11.3. The maximum absolute atomic E-state index is 11.3. The number of aryl methyl sites for hydroxylation is 1. The monoisotopic (exact) mass is 270 g/mol. The number of esters is 1. The van der Waals surface area contributed by atoms with E-state index in [0.29, 0.717) is 12.2 Å². The highest BCUT2D eigenvalue weighted by Gasteiger charge is 2.04. The Labute approximate surface area is 119 Å². The van der Waals surface area contributed by atoms with Gasteiger partial charge in [0.2, 0.25) is 0 Å². The lowest BCUT2D eigenvalue weighted by atomic mass is 10.1. The predicted molar refractivity (Wildman–Crippen MR) is 78.0 cm³/mol. The van der Waals surface area contributed by atoms with Gasteiger partial charge in [-0.3, -0.25) is 0 Å². The first-order chi connectivity index (χ1) is 9.79. The van der Waals surface area contributed by atoms with Crippen LogP contribution in [0.2, 0.25) is 0 Å². The van der Waals surface area contributed by atoms with E-state index >= 15 is 0 Å². The van der Waals surface area contributed by atoms with Gasteiger partial charge in [-0.25, -0.2) is 4.79 Å². The molecule has 3 heteroatoms. The van der Waals surface area contributed by atoms with Crippen molar-refractivity contribution in [1.82, 2.24) is 0 Å². The second-order valence-corrected chi connectivity index (χ2v) is 4.45. The molecule has 0 spiro atoms. The molecule has 0 bridgehead atoms. The first-order valence-electron chi connectivity index (χ1n) is 6.64. The van der Waals surface area contributed by atoms with Gasteiger partial charge in [-0.15, -0.1) is 0 Å². The van der Waals surface area contributed by atoms with Crippen LogP contribution in [-0.4, -0.2) is 19.7 Å². The zero-order valence-corrected chi connectivity index (χ0v) is 11.5. The molecule has 0 aliphatic rings. The predicted octanol–water partition coefficient (Wildman–Crippen LogP) is 3.48. The standard InChI is InChI=1S/C17H18O3/c1-19-17(18)15-9-11-16(12-10-15)20-13-5-8-14-6-3-2-4-7-14/h2-4,6-7,9-12H,5,8,13H2,1H3. The third-order valence-corrected chi connectivity index (χ3v) is 3.00. The number of hydrogen-bond acceptors (Lipinski definition) is 3. The van der Waals surface area contributed by atoms with E-state index in [4.69, 9.17) is 4.74 Å². The molecule has 0 amide bonds. The molecular formula is C17H18O3. The molecule has 0 saturated carbocycles. The van der Waals surface area contributed by atoms with Gasteiger partial charge < -0.3 is 9.47 Å². The first-order valence-corrected chi connectivity index (χ1v) is 6.64. The van der Waals surface area contributed by atoms with Gasteiger partial charge >= 0.3 is 5.97 Å². The van der Waals surface area contributed by atoms with Gasteiger partial charge in [-0.2, -0.15) is 0 Å². The minimum Gasteiger partial charge on any atom is -0.494 e. The summed E-state index contributed by atoms with van der Waals surface area (Å²) in [6.07, 6.45) is 1.96. The van der Waals surface area contributed by atoms with Gasteiger partial charge in [0.05, 0.1) is 19.3 Å². The van der Waals surface area contributed by atoms with E-state index in [9.17, 15) is 4.79 Å². The van der Waals surface area contributed by atoms with Crippen LogP contribution in [0.1, 0.15) is 22.3 Å². The van der Waals surface area contributed by atoms with Crippen LogP contribution in [0, 0.1) is 0 Å². The highest BCUT2D eigenvalue weighted by Crippen LogP contribution is 2.13. The molecule has 0 N–H and O–H groups in total. The van der Waals surface area contributed by atoms with E-state index in [1.807, 2.05) is 18.2 Å². The summed E-state index contributed by atoms with van der Waals surface area (Å²) in [6.45, 7) is 0.659. The molecule has 0 aliphatic heterocycles. The molecule has 104 valence electrons. The summed E-state index contributed by atoms with van der Waals surface area (Å²) in [7, 11) is 1.37. The van der Waals surface area contributed by atoms with Crippen LogP contribution in [0.3, 0.4) is 0 Å². The van der Waals surface area contributed by atoms with E-state index in [0.717, 1.165) is 18.6 Å². The normalized spacial score (nSPS) is 10.1. The largest absolute Gasteiger partial charge is 0.494 e. The van der Waals surface area contributed by atoms with Crippen molar-refractivity contribution in [2.24, 2.45) is 0 Å². The van der Waals surface area contributed by atoms with Crippen molar-refractivity contribution in [3.05, 3.63) is 65.7 Å². The Morgan fingerprint density at radius 3 is 2.35 bits per heavy atom. The molecule has 0 heterocycles. The summed E-state index contributed by atoms with van der Waals surface area (Å²) in [5.74, 6) is 0.436. The highest BCUT2D eigenvalue weighted by molar-refractivity contribution is 5.89. The second-order valence-electron chi connectivity index (χ2n) is 4.45. The van der Waals surface area contributed by atoms with Crippen molar-refractivity contribution in [3.63, 3.8) is 0 Å². The van der Waals surface area contributed by atoms with Gasteiger partial charge in [0.25, 0.3) is 0 Å². The molecule has 20 heavy (non-hydrogen) atoms. The SMILES string of the molecule is COC(=O)c1ccc(OCCCc2ccccc2)cc1. The van der Waals surface area contributed by atoms with Crippen molar-refractivity contribution >= 4 is 5.97 Å². The van der Waals surface area contributed by atoms with E-state index in [1.165, 1.54) is 12.7 Å². The van der Waals surface area contributed by atoms with Gasteiger partial charge in [0.1, 0.15) is 5.75 Å². The highest BCUT2D eigenvalue weighted by atomic mass is 16.5. The summed E-state index contributed by atoms with van der Waals surface area (Å²) >= 11 is 0. The number of carbonyl (C=O) groups excluding carboxylic acids is 1. The second kappa shape index (κ2) is 7.34. The van der Waals surface area contributed by atoms with Crippen LogP contribution in [-0.2, 0) is 11.2 Å². The Kier molecular flexibility index (Phi) is 5.18. The Hall–Kier alpha value is -2.29. The summed E-state index contributed by atoms with van der Waals surface area (Å²) in [6, 6.07) is 17.3. The topological polar surface area (TPSA) is 35.5 Å². The Morgan fingerprint density at radius 1 is 1.00 bits per heavy atom. The van der Waals surface area contributed by atoms with Crippen LogP contribution in [0.25, 0.3) is 0 Å². The number of ether oxygens (including phenoxy) is 2. The molecule has 2 aromatic rings. The molecule has 3 nitrogen and oxygen atoms in total. The fraction of sp³-hybridized carbons (Fsp3) is 0.235. The average Bonchev–Trinajstić information content (AvgIpc) is 2.52. The molecule has 0 atom stereocenters. The fourth-order valence-corrected chi connectivity index (χ4v) is 1.92. The third kappa shape index (κ3) is 4.12. The number of hydrogen-bond donors (Lipinski definition) is 0. The Morgan fingerprint density at radius 2 is 1.70 bits per heavy atom. The van der Waals surface area contributed by atoms with Crippen molar-refractivity contribution < 1.29 is 14.3 Å². The molecule has 2 aromatic carbocycles. The Balaban J connectivity index is 1.75. The lowest BCUT2D eigenvalue weighted by molar-refractivity contribution is 0.0600. The fourth-order valence-electron chi connectivity index (χ4n) is 1.92. The van der Waals surface area contributed by atoms with Crippen molar-refractivity contribution in [2.45, 2.75) is 12.8 Å². The number of methoxy groups -OCH3 is 1. The summed E-state index contributed by atoms with van der Waals surface area (Å²) in [5, 5.41) is 0. The van der Waals surface area contributed by atoms with Crippen LogP contribution in [0.5, 0.6) is 5.75 Å². The summed E-state index contributed by atoms with van der Waals surface area (Å²) < 4.78 is 10.3. The summed E-state index contributed by atoms with van der Waals surface area (Å²) in [5.41, 5.74) is 1.85. The third-order valence-electron chi connectivity index (χ3n) is 3.00. The molecule has 0 unspecified atom stereocenters. The molecule has 0 saturated heterocycles. The number of rotatable bonds is 6. The molecule has 0 fully saturated rings. The average molecular weight is 270 g/mol. The van der Waals surface area contributed by atoms with E-state index in [2.05, 4.69) is 16.9 Å². The first kappa shape index (κ1) is 14.1. The van der Waals surface area contributed by atoms with Crippen LogP contribution in [0.15, 0.2) is 54.6 Å². The zero-order chi connectivity index (χ0) is 14.2. The van der Waals surface area contributed by atoms with Crippen LogP contribution in [0.4, 0.5) is 0 Å². The Bertz CT molecular complexity index is 532. The van der Waals surface area contributed by atoms with E-state index < -0.39 is 0 Å². The van der Waals surface area contributed by atoms with E-state index in [1.54, 1.807) is 24.3 Å². The smallest absolute Gasteiger partial charge is 0.337 e. The zero-order valence-electron chi connectivity index (χ0n) is 11.5. The maximum atomic E-state index is 11.3. The van der Waals surface area contributed by atoms with E-state index in [-0.39, 0.29) is 5.97 Å². The minimum atomic E-state index is -0.333. The van der Waals surface area contributed by atoms with Crippen LogP contribution >= 0.6 is 0 Å². The van der Waals surface area contributed by atoms with Crippen molar-refractivity contribution in [2.75, 3.05) is 13.7 Å². The van der Waals surface area contributed by atoms with Crippen molar-refractivity contribution in [3.8, 4) is 5.75 Å². The van der Waals surface area contributed by atoms with Gasteiger partial charge in [-0.1, -0.05) is 30.3 Å². The molecule has 0 aliphatic carbocycles. The van der Waals surface area contributed by atoms with Crippen molar-refractivity contribution in [1.29, 1.82) is 0 Å².